The van der Waals surface area contributed by atoms with Crippen LogP contribution < -0.4 is 10.1 Å². The molecule has 0 aliphatic heterocycles. The molecule has 1 N–H and O–H groups in total. The number of rotatable bonds is 6. The average molecular weight is 312 g/mol. The summed E-state index contributed by atoms with van der Waals surface area (Å²) in [5.41, 5.74) is 1.32. The van der Waals surface area contributed by atoms with Gasteiger partial charge in [0.15, 0.2) is 0 Å². The van der Waals surface area contributed by atoms with Crippen LogP contribution in [0, 0.1) is 0 Å². The van der Waals surface area contributed by atoms with Crippen LogP contribution in [-0.4, -0.2) is 12.1 Å². The van der Waals surface area contributed by atoms with E-state index in [1.54, 1.807) is 0 Å². The van der Waals surface area contributed by atoms with E-state index in [0.29, 0.717) is 6.61 Å². The zero-order valence-corrected chi connectivity index (χ0v) is 13.0. The maximum Gasteiger partial charge on any atom is 0.119 e. The van der Waals surface area contributed by atoms with Crippen LogP contribution in [0.2, 0.25) is 0 Å². The molecular weight excluding hydrogens is 290 g/mol. The Kier molecular flexibility index (Phi) is 5.89. The molecule has 0 atom stereocenters. The van der Waals surface area contributed by atoms with E-state index in [2.05, 4.69) is 54.7 Å². The zero-order chi connectivity index (χ0) is 13.6. The summed E-state index contributed by atoms with van der Waals surface area (Å²) in [5.74, 6) is 0.908. The van der Waals surface area contributed by atoms with Crippen LogP contribution in [0.5, 0.6) is 5.75 Å². The van der Waals surface area contributed by atoms with Gasteiger partial charge in [-0.3, -0.25) is 0 Å². The molecule has 0 aliphatic rings. The van der Waals surface area contributed by atoms with Crippen LogP contribution in [0.25, 0.3) is 0 Å². The molecule has 0 saturated heterocycles. The Labute approximate surface area is 119 Å². The van der Waals surface area contributed by atoms with Gasteiger partial charge in [0, 0.05) is 16.6 Å². The molecule has 100 valence electrons. The summed E-state index contributed by atoms with van der Waals surface area (Å²) in [4.78, 5) is 0. The second-order valence-electron chi connectivity index (χ2n) is 5.28. The molecule has 0 heterocycles. The van der Waals surface area contributed by atoms with Crippen molar-refractivity contribution in [3.63, 3.8) is 0 Å². The SMILES string of the molecule is C=CCCOc1ccc(Br)c(CNC(C)(C)C)c1. The lowest BCUT2D eigenvalue weighted by molar-refractivity contribution is 0.324. The van der Waals surface area contributed by atoms with E-state index in [9.17, 15) is 0 Å². The quantitative estimate of drug-likeness (QED) is 0.625. The highest BCUT2D eigenvalue weighted by molar-refractivity contribution is 9.10. The standard InChI is InChI=1S/C15H22BrNO/c1-5-6-9-18-13-7-8-14(16)12(10-13)11-17-15(2,3)4/h5,7-8,10,17H,1,6,9,11H2,2-4H3. The molecular formula is C15H22BrNO. The Hall–Kier alpha value is -0.800. The smallest absolute Gasteiger partial charge is 0.119 e. The molecule has 2 nitrogen and oxygen atoms in total. The van der Waals surface area contributed by atoms with Crippen molar-refractivity contribution in [2.75, 3.05) is 6.61 Å². The number of ether oxygens (including phenoxy) is 1. The van der Waals surface area contributed by atoms with Crippen molar-refractivity contribution < 1.29 is 4.74 Å². The fourth-order valence-corrected chi connectivity index (χ4v) is 1.78. The molecule has 18 heavy (non-hydrogen) atoms. The van der Waals surface area contributed by atoms with Crippen molar-refractivity contribution in [2.24, 2.45) is 0 Å². The van der Waals surface area contributed by atoms with Crippen LogP contribution >= 0.6 is 15.9 Å². The highest BCUT2D eigenvalue weighted by Crippen LogP contribution is 2.23. The summed E-state index contributed by atoms with van der Waals surface area (Å²) >= 11 is 3.57. The fourth-order valence-electron chi connectivity index (χ4n) is 1.40. The minimum atomic E-state index is 0.110. The summed E-state index contributed by atoms with van der Waals surface area (Å²) in [6.07, 6.45) is 2.73. The molecule has 0 unspecified atom stereocenters. The lowest BCUT2D eigenvalue weighted by Crippen LogP contribution is -2.35. The van der Waals surface area contributed by atoms with Gasteiger partial charge in [0.25, 0.3) is 0 Å². The first-order valence-electron chi connectivity index (χ1n) is 6.19. The molecule has 0 spiro atoms. The van der Waals surface area contributed by atoms with Gasteiger partial charge < -0.3 is 10.1 Å². The normalized spacial score (nSPS) is 11.3. The van der Waals surface area contributed by atoms with Crippen molar-refractivity contribution in [1.29, 1.82) is 0 Å². The van der Waals surface area contributed by atoms with E-state index >= 15 is 0 Å². The summed E-state index contributed by atoms with van der Waals surface area (Å²) in [7, 11) is 0. The first-order valence-corrected chi connectivity index (χ1v) is 6.99. The van der Waals surface area contributed by atoms with Gasteiger partial charge in [-0.25, -0.2) is 0 Å². The van der Waals surface area contributed by atoms with Gasteiger partial charge in [-0.05, 0) is 51.0 Å². The molecule has 0 aromatic heterocycles. The van der Waals surface area contributed by atoms with Gasteiger partial charge in [0.2, 0.25) is 0 Å². The third-order valence-electron chi connectivity index (χ3n) is 2.42. The Morgan fingerprint density at radius 3 is 2.72 bits per heavy atom. The minimum Gasteiger partial charge on any atom is -0.493 e. The monoisotopic (exact) mass is 311 g/mol. The first-order chi connectivity index (χ1) is 8.42. The molecule has 0 radical (unpaired) electrons. The Balaban J connectivity index is 2.65. The molecule has 0 bridgehead atoms. The summed E-state index contributed by atoms with van der Waals surface area (Å²) < 4.78 is 6.76. The largest absolute Gasteiger partial charge is 0.493 e. The summed E-state index contributed by atoms with van der Waals surface area (Å²) in [6.45, 7) is 11.7. The van der Waals surface area contributed by atoms with E-state index < -0.39 is 0 Å². The summed E-state index contributed by atoms with van der Waals surface area (Å²) in [6, 6.07) is 6.09. The lowest BCUT2D eigenvalue weighted by Gasteiger charge is -2.21. The van der Waals surface area contributed by atoms with Gasteiger partial charge in [0.05, 0.1) is 6.61 Å². The Bertz CT molecular complexity index is 396. The van der Waals surface area contributed by atoms with Crippen LogP contribution in [-0.2, 0) is 6.54 Å². The van der Waals surface area contributed by atoms with E-state index in [1.807, 2.05) is 18.2 Å². The Morgan fingerprint density at radius 2 is 2.11 bits per heavy atom. The molecule has 1 aromatic carbocycles. The van der Waals surface area contributed by atoms with Crippen LogP contribution in [0.3, 0.4) is 0 Å². The molecule has 3 heteroatoms. The van der Waals surface area contributed by atoms with Crippen molar-refractivity contribution in [2.45, 2.75) is 39.3 Å². The molecule has 1 rings (SSSR count). The molecule has 0 fully saturated rings. The fraction of sp³-hybridized carbons (Fsp3) is 0.467. The molecule has 0 amide bonds. The number of hydrogen-bond acceptors (Lipinski definition) is 2. The predicted octanol–water partition coefficient (Wildman–Crippen LogP) is 4.29. The van der Waals surface area contributed by atoms with Crippen molar-refractivity contribution in [3.05, 3.63) is 40.9 Å². The van der Waals surface area contributed by atoms with Gasteiger partial charge in [0.1, 0.15) is 5.75 Å². The van der Waals surface area contributed by atoms with Gasteiger partial charge in [-0.15, -0.1) is 6.58 Å². The van der Waals surface area contributed by atoms with Crippen LogP contribution in [0.1, 0.15) is 32.8 Å². The van der Waals surface area contributed by atoms with Crippen molar-refractivity contribution in [3.8, 4) is 5.75 Å². The van der Waals surface area contributed by atoms with E-state index in [-0.39, 0.29) is 5.54 Å². The minimum absolute atomic E-state index is 0.110. The van der Waals surface area contributed by atoms with Crippen LogP contribution in [0.15, 0.2) is 35.3 Å². The lowest BCUT2D eigenvalue weighted by atomic mass is 10.1. The maximum atomic E-state index is 5.65. The van der Waals surface area contributed by atoms with Gasteiger partial charge >= 0.3 is 0 Å². The number of benzene rings is 1. The second-order valence-corrected chi connectivity index (χ2v) is 6.14. The number of hydrogen-bond donors (Lipinski definition) is 1. The summed E-state index contributed by atoms with van der Waals surface area (Å²) in [5, 5.41) is 3.47. The second kappa shape index (κ2) is 6.95. The maximum absolute atomic E-state index is 5.65. The highest BCUT2D eigenvalue weighted by atomic mass is 79.9. The Morgan fingerprint density at radius 1 is 1.39 bits per heavy atom. The molecule has 1 aromatic rings. The van der Waals surface area contributed by atoms with Gasteiger partial charge in [-0.2, -0.15) is 0 Å². The van der Waals surface area contributed by atoms with E-state index in [4.69, 9.17) is 4.74 Å². The van der Waals surface area contributed by atoms with Crippen LogP contribution in [0.4, 0.5) is 0 Å². The van der Waals surface area contributed by atoms with E-state index in [0.717, 1.165) is 23.2 Å². The average Bonchev–Trinajstić information content (AvgIpc) is 2.29. The predicted molar refractivity (Wildman–Crippen MR) is 81.0 cm³/mol. The third kappa shape index (κ3) is 5.69. The topological polar surface area (TPSA) is 21.3 Å². The van der Waals surface area contributed by atoms with E-state index in [1.165, 1.54) is 5.56 Å². The molecule has 0 aliphatic carbocycles. The first kappa shape index (κ1) is 15.3. The number of halogens is 1. The van der Waals surface area contributed by atoms with Crippen molar-refractivity contribution >= 4 is 15.9 Å². The highest BCUT2D eigenvalue weighted by Gasteiger charge is 2.10. The molecule has 0 saturated carbocycles. The number of nitrogens with one attached hydrogen (secondary N) is 1. The third-order valence-corrected chi connectivity index (χ3v) is 3.19. The zero-order valence-electron chi connectivity index (χ0n) is 11.4. The van der Waals surface area contributed by atoms with Crippen molar-refractivity contribution in [1.82, 2.24) is 5.32 Å². The van der Waals surface area contributed by atoms with Gasteiger partial charge in [-0.1, -0.05) is 22.0 Å².